The summed E-state index contributed by atoms with van der Waals surface area (Å²) in [4.78, 5) is 16.5. The Morgan fingerprint density at radius 1 is 1.11 bits per heavy atom. The van der Waals surface area contributed by atoms with Crippen LogP contribution in [-0.2, 0) is 16.0 Å². The highest BCUT2D eigenvalue weighted by Crippen LogP contribution is 2.36. The summed E-state index contributed by atoms with van der Waals surface area (Å²) in [6, 6.07) is 15.4. The number of hydrogen-bond donors (Lipinski definition) is 0. The average molecular weight is 386 g/mol. The highest BCUT2D eigenvalue weighted by molar-refractivity contribution is 6.31. The zero-order chi connectivity index (χ0) is 19.8. The first-order chi connectivity index (χ1) is 13.1. The maximum atomic E-state index is 12.1. The molecule has 1 heterocycles. The molecule has 0 amide bonds. The molecular formula is C22H24ClNO3. The van der Waals surface area contributed by atoms with E-state index in [-0.39, 0.29) is 12.4 Å². The molecular weight excluding hydrogens is 362 g/mol. The third kappa shape index (κ3) is 4.77. The van der Waals surface area contributed by atoms with Gasteiger partial charge in [0, 0.05) is 10.9 Å². The minimum Gasteiger partial charge on any atom is -0.497 e. The Morgan fingerprint density at radius 2 is 1.85 bits per heavy atom. The van der Waals surface area contributed by atoms with Crippen LogP contribution >= 0.6 is 11.6 Å². The van der Waals surface area contributed by atoms with Crippen molar-refractivity contribution in [2.24, 2.45) is 0 Å². The summed E-state index contributed by atoms with van der Waals surface area (Å²) in [5.41, 5.74) is 3.23. The number of para-hydroxylation sites is 1. The molecule has 0 saturated heterocycles. The third-order valence-corrected chi connectivity index (χ3v) is 4.24. The van der Waals surface area contributed by atoms with Crippen molar-refractivity contribution in [3.05, 3.63) is 59.2 Å². The molecule has 2 aromatic carbocycles. The Bertz CT molecular complexity index is 925. The predicted molar refractivity (Wildman–Crippen MR) is 110 cm³/mol. The fourth-order valence-corrected chi connectivity index (χ4v) is 3.10. The van der Waals surface area contributed by atoms with Gasteiger partial charge in [0.15, 0.2) is 0 Å². The van der Waals surface area contributed by atoms with Crippen LogP contribution in [0.1, 0.15) is 26.3 Å². The lowest BCUT2D eigenvalue weighted by Crippen LogP contribution is -2.10. The molecule has 0 spiro atoms. The molecule has 0 aliphatic rings. The lowest BCUT2D eigenvalue weighted by Gasteiger charge is -2.15. The predicted octanol–water partition coefficient (Wildman–Crippen LogP) is 5.70. The largest absolute Gasteiger partial charge is 0.497 e. The molecule has 27 heavy (non-hydrogen) atoms. The normalized spacial score (nSPS) is 10.1. The van der Waals surface area contributed by atoms with Crippen LogP contribution in [0.5, 0.6) is 5.75 Å². The Kier molecular flexibility index (Phi) is 7.62. The summed E-state index contributed by atoms with van der Waals surface area (Å²) in [6.45, 7) is 6.10. The standard InChI is InChI=1S/C20H18ClNO3.C2H6/c1-3-25-18(23)12-16-19(13-7-6-8-14(11-13)24-2)15-9-4-5-10-17(15)22-20(16)21;1-2/h4-11H,3,12H2,1-2H3;1-2H3. The van der Waals surface area contributed by atoms with Crippen molar-refractivity contribution >= 4 is 28.5 Å². The Balaban J connectivity index is 0.00000126. The van der Waals surface area contributed by atoms with Gasteiger partial charge in [-0.05, 0) is 36.2 Å². The molecule has 0 radical (unpaired) electrons. The van der Waals surface area contributed by atoms with Crippen LogP contribution in [0, 0.1) is 0 Å². The lowest BCUT2D eigenvalue weighted by molar-refractivity contribution is -0.142. The van der Waals surface area contributed by atoms with E-state index in [0.29, 0.717) is 17.3 Å². The van der Waals surface area contributed by atoms with Crippen LogP contribution in [0.3, 0.4) is 0 Å². The van der Waals surface area contributed by atoms with Gasteiger partial charge in [0.25, 0.3) is 0 Å². The van der Waals surface area contributed by atoms with Crippen molar-refractivity contribution in [3.8, 4) is 16.9 Å². The van der Waals surface area contributed by atoms with Gasteiger partial charge in [0.05, 0.1) is 25.7 Å². The van der Waals surface area contributed by atoms with E-state index < -0.39 is 0 Å². The number of nitrogens with zero attached hydrogens (tertiary/aromatic N) is 1. The second-order valence-corrected chi connectivity index (χ2v) is 5.85. The smallest absolute Gasteiger partial charge is 0.310 e. The first-order valence-corrected chi connectivity index (χ1v) is 9.39. The van der Waals surface area contributed by atoms with Crippen molar-refractivity contribution in [1.29, 1.82) is 0 Å². The monoisotopic (exact) mass is 385 g/mol. The maximum absolute atomic E-state index is 12.1. The molecule has 3 rings (SSSR count). The summed E-state index contributed by atoms with van der Waals surface area (Å²) < 4.78 is 10.4. The number of ether oxygens (including phenoxy) is 2. The first-order valence-electron chi connectivity index (χ1n) is 9.01. The molecule has 3 aromatic rings. The zero-order valence-corrected chi connectivity index (χ0v) is 16.8. The fourth-order valence-electron chi connectivity index (χ4n) is 2.85. The second-order valence-electron chi connectivity index (χ2n) is 5.49. The quantitative estimate of drug-likeness (QED) is 0.417. The number of rotatable bonds is 5. The molecule has 5 heteroatoms. The number of carbonyl (C=O) groups is 1. The van der Waals surface area contributed by atoms with E-state index >= 15 is 0 Å². The molecule has 0 aliphatic carbocycles. The van der Waals surface area contributed by atoms with Crippen LogP contribution in [0.15, 0.2) is 48.5 Å². The number of benzene rings is 2. The van der Waals surface area contributed by atoms with Gasteiger partial charge in [-0.3, -0.25) is 4.79 Å². The minimum atomic E-state index is -0.328. The number of esters is 1. The molecule has 0 aliphatic heterocycles. The molecule has 4 nitrogen and oxygen atoms in total. The molecule has 0 bridgehead atoms. The fraction of sp³-hybridized carbons (Fsp3) is 0.273. The highest BCUT2D eigenvalue weighted by atomic mass is 35.5. The summed E-state index contributed by atoms with van der Waals surface area (Å²) in [5.74, 6) is 0.405. The third-order valence-electron chi connectivity index (χ3n) is 3.93. The number of fused-ring (bicyclic) bond motifs is 1. The van der Waals surface area contributed by atoms with Crippen LogP contribution in [0.2, 0.25) is 5.15 Å². The van der Waals surface area contributed by atoms with E-state index in [1.165, 1.54) is 0 Å². The van der Waals surface area contributed by atoms with Gasteiger partial charge in [0.2, 0.25) is 0 Å². The van der Waals surface area contributed by atoms with Gasteiger partial charge in [0.1, 0.15) is 10.9 Å². The first kappa shape index (κ1) is 20.7. The van der Waals surface area contributed by atoms with E-state index in [4.69, 9.17) is 21.1 Å². The number of halogens is 1. The van der Waals surface area contributed by atoms with Crippen molar-refractivity contribution in [3.63, 3.8) is 0 Å². The molecule has 0 unspecified atom stereocenters. The van der Waals surface area contributed by atoms with Crippen LogP contribution in [0.4, 0.5) is 0 Å². The van der Waals surface area contributed by atoms with Crippen LogP contribution < -0.4 is 4.74 Å². The average Bonchev–Trinajstić information content (AvgIpc) is 2.70. The van der Waals surface area contributed by atoms with E-state index in [2.05, 4.69) is 4.98 Å². The van der Waals surface area contributed by atoms with Crippen molar-refractivity contribution < 1.29 is 14.3 Å². The van der Waals surface area contributed by atoms with Crippen LogP contribution in [-0.4, -0.2) is 24.7 Å². The van der Waals surface area contributed by atoms with Gasteiger partial charge in [-0.1, -0.05) is 55.8 Å². The van der Waals surface area contributed by atoms with Gasteiger partial charge < -0.3 is 9.47 Å². The number of aromatic nitrogens is 1. The molecule has 1 aromatic heterocycles. The van der Waals surface area contributed by atoms with E-state index in [9.17, 15) is 4.79 Å². The highest BCUT2D eigenvalue weighted by Gasteiger charge is 2.19. The van der Waals surface area contributed by atoms with Crippen LogP contribution in [0.25, 0.3) is 22.0 Å². The van der Waals surface area contributed by atoms with Gasteiger partial charge in [-0.2, -0.15) is 0 Å². The summed E-state index contributed by atoms with van der Waals surface area (Å²) in [6.07, 6.45) is 0.0665. The number of hydrogen-bond acceptors (Lipinski definition) is 4. The molecule has 0 N–H and O–H groups in total. The topological polar surface area (TPSA) is 48.4 Å². The van der Waals surface area contributed by atoms with Gasteiger partial charge >= 0.3 is 5.97 Å². The SMILES string of the molecule is CC.CCOC(=O)Cc1c(Cl)nc2ccccc2c1-c1cccc(OC)c1. The van der Waals surface area contributed by atoms with Crippen molar-refractivity contribution in [2.45, 2.75) is 27.2 Å². The lowest BCUT2D eigenvalue weighted by atomic mass is 9.94. The number of methoxy groups -OCH3 is 1. The Hall–Kier alpha value is -2.59. The Morgan fingerprint density at radius 3 is 2.56 bits per heavy atom. The molecule has 0 fully saturated rings. The van der Waals surface area contributed by atoms with Gasteiger partial charge in [-0.25, -0.2) is 4.98 Å². The van der Waals surface area contributed by atoms with E-state index in [0.717, 1.165) is 27.8 Å². The summed E-state index contributed by atoms with van der Waals surface area (Å²) in [7, 11) is 1.62. The molecule has 0 saturated carbocycles. The summed E-state index contributed by atoms with van der Waals surface area (Å²) in [5, 5.41) is 1.24. The Labute approximate surface area is 165 Å². The summed E-state index contributed by atoms with van der Waals surface area (Å²) >= 11 is 6.43. The maximum Gasteiger partial charge on any atom is 0.310 e. The molecule has 142 valence electrons. The van der Waals surface area contributed by atoms with Gasteiger partial charge in [-0.15, -0.1) is 0 Å². The molecule has 0 atom stereocenters. The van der Waals surface area contributed by atoms with E-state index in [1.807, 2.05) is 62.4 Å². The zero-order valence-electron chi connectivity index (χ0n) is 16.1. The second kappa shape index (κ2) is 9.93. The van der Waals surface area contributed by atoms with Crippen molar-refractivity contribution in [1.82, 2.24) is 4.98 Å². The minimum absolute atomic E-state index is 0.0665. The van der Waals surface area contributed by atoms with Crippen molar-refractivity contribution in [2.75, 3.05) is 13.7 Å². The number of pyridine rings is 1. The van der Waals surface area contributed by atoms with E-state index in [1.54, 1.807) is 14.0 Å². The number of carbonyl (C=O) groups excluding carboxylic acids is 1.